The maximum Gasteiger partial charge on any atom is 0.120 e. The summed E-state index contributed by atoms with van der Waals surface area (Å²) in [6.45, 7) is 1.98. The van der Waals surface area contributed by atoms with E-state index in [2.05, 4.69) is 16.0 Å². The van der Waals surface area contributed by atoms with E-state index in [1.54, 1.807) is 18.4 Å². The third kappa shape index (κ3) is 3.40. The zero-order chi connectivity index (χ0) is 15.4. The Balaban J connectivity index is 1.73. The van der Waals surface area contributed by atoms with Crippen molar-refractivity contribution in [1.82, 2.24) is 9.97 Å². The molecule has 0 unspecified atom stereocenters. The zero-order valence-corrected chi connectivity index (χ0v) is 13.3. The molecule has 0 bridgehead atoms. The number of ether oxygens (including phenoxy) is 1. The van der Waals surface area contributed by atoms with E-state index in [1.165, 1.54) is 0 Å². The molecule has 1 aromatic carbocycles. The Kier molecular flexibility index (Phi) is 4.30. The standard InChI is InChI=1S/C18H16N2OS/c1-13-7-8-14(12-19-13)5-3-4-6-18-20-16-10-9-15(21-2)11-17(16)22-18/h3-12H,1-2H3/b5-3+,6-4+. The maximum absolute atomic E-state index is 5.23. The zero-order valence-electron chi connectivity index (χ0n) is 12.5. The third-order valence-electron chi connectivity index (χ3n) is 3.18. The fourth-order valence-corrected chi connectivity index (χ4v) is 2.91. The van der Waals surface area contributed by atoms with Gasteiger partial charge in [0.25, 0.3) is 0 Å². The average molecular weight is 308 g/mol. The average Bonchev–Trinajstić information content (AvgIpc) is 2.95. The normalized spacial score (nSPS) is 11.7. The summed E-state index contributed by atoms with van der Waals surface area (Å²) >= 11 is 1.65. The number of aryl methyl sites for hydroxylation is 1. The summed E-state index contributed by atoms with van der Waals surface area (Å²) in [5.74, 6) is 0.860. The van der Waals surface area contributed by atoms with E-state index in [4.69, 9.17) is 4.74 Å². The molecule has 0 saturated carbocycles. The van der Waals surface area contributed by atoms with Gasteiger partial charge in [0.2, 0.25) is 0 Å². The number of aromatic nitrogens is 2. The second kappa shape index (κ2) is 6.54. The molecule has 0 saturated heterocycles. The van der Waals surface area contributed by atoms with Crippen LogP contribution in [0.15, 0.2) is 48.7 Å². The summed E-state index contributed by atoms with van der Waals surface area (Å²) in [4.78, 5) is 8.84. The lowest BCUT2D eigenvalue weighted by molar-refractivity contribution is 0.415. The van der Waals surface area contributed by atoms with Crippen LogP contribution in [0.1, 0.15) is 16.3 Å². The lowest BCUT2D eigenvalue weighted by atomic mass is 10.2. The predicted molar refractivity (Wildman–Crippen MR) is 93.2 cm³/mol. The minimum Gasteiger partial charge on any atom is -0.497 e. The quantitative estimate of drug-likeness (QED) is 0.653. The number of rotatable bonds is 4. The van der Waals surface area contributed by atoms with Gasteiger partial charge in [0.1, 0.15) is 10.8 Å². The Hall–Kier alpha value is -2.46. The first kappa shape index (κ1) is 14.5. The van der Waals surface area contributed by atoms with E-state index in [0.29, 0.717) is 0 Å². The fraction of sp³-hybridized carbons (Fsp3) is 0.111. The SMILES string of the molecule is COc1ccc2nc(/C=C/C=C/c3ccc(C)nc3)sc2c1. The second-order valence-corrected chi connectivity index (χ2v) is 5.90. The van der Waals surface area contributed by atoms with E-state index in [9.17, 15) is 0 Å². The summed E-state index contributed by atoms with van der Waals surface area (Å²) in [6, 6.07) is 9.98. The largest absolute Gasteiger partial charge is 0.497 e. The molecule has 0 fully saturated rings. The molecule has 22 heavy (non-hydrogen) atoms. The molecule has 4 heteroatoms. The molecule has 3 nitrogen and oxygen atoms in total. The van der Waals surface area contributed by atoms with E-state index in [1.807, 2.05) is 61.7 Å². The Morgan fingerprint density at radius 1 is 1.09 bits per heavy atom. The molecule has 0 amide bonds. The second-order valence-electron chi connectivity index (χ2n) is 4.84. The smallest absolute Gasteiger partial charge is 0.120 e. The molecule has 0 radical (unpaired) electrons. The molecule has 0 aliphatic heterocycles. The van der Waals surface area contributed by atoms with Crippen LogP contribution in [-0.2, 0) is 0 Å². The van der Waals surface area contributed by atoms with Crippen LogP contribution in [0.2, 0.25) is 0 Å². The number of pyridine rings is 1. The molecule has 2 aromatic heterocycles. The van der Waals surface area contributed by atoms with Gasteiger partial charge in [-0.15, -0.1) is 11.3 Å². The number of benzene rings is 1. The van der Waals surface area contributed by atoms with Crippen LogP contribution in [0.5, 0.6) is 5.75 Å². The van der Waals surface area contributed by atoms with Gasteiger partial charge in [0, 0.05) is 11.9 Å². The van der Waals surface area contributed by atoms with Crippen LogP contribution < -0.4 is 4.74 Å². The van der Waals surface area contributed by atoms with Crippen LogP contribution >= 0.6 is 11.3 Å². The van der Waals surface area contributed by atoms with Crippen molar-refractivity contribution in [3.05, 3.63) is 64.9 Å². The highest BCUT2D eigenvalue weighted by Crippen LogP contribution is 2.26. The van der Waals surface area contributed by atoms with E-state index in [-0.39, 0.29) is 0 Å². The van der Waals surface area contributed by atoms with Crippen LogP contribution in [0.3, 0.4) is 0 Å². The first-order valence-corrected chi connectivity index (χ1v) is 7.78. The minimum atomic E-state index is 0.860. The Morgan fingerprint density at radius 2 is 1.95 bits per heavy atom. The number of nitrogens with zero attached hydrogens (tertiary/aromatic N) is 2. The third-order valence-corrected chi connectivity index (χ3v) is 4.17. The number of allylic oxidation sites excluding steroid dienone is 2. The van der Waals surface area contributed by atoms with Gasteiger partial charge in [-0.05, 0) is 42.8 Å². The summed E-state index contributed by atoms with van der Waals surface area (Å²) in [5.41, 5.74) is 3.11. The van der Waals surface area contributed by atoms with E-state index >= 15 is 0 Å². The minimum absolute atomic E-state index is 0.860. The lowest BCUT2D eigenvalue weighted by Crippen LogP contribution is -1.80. The van der Waals surface area contributed by atoms with Crippen LogP contribution in [0.25, 0.3) is 22.4 Å². The molecule has 0 aliphatic carbocycles. The van der Waals surface area contributed by atoms with Gasteiger partial charge in [-0.1, -0.05) is 24.3 Å². The number of fused-ring (bicyclic) bond motifs is 1. The van der Waals surface area contributed by atoms with Gasteiger partial charge in [0.05, 0.1) is 17.3 Å². The van der Waals surface area contributed by atoms with Crippen molar-refractivity contribution in [2.45, 2.75) is 6.92 Å². The van der Waals surface area contributed by atoms with Crippen molar-refractivity contribution in [2.24, 2.45) is 0 Å². The van der Waals surface area contributed by atoms with Crippen molar-refractivity contribution in [3.8, 4) is 5.75 Å². The number of hydrogen-bond donors (Lipinski definition) is 0. The van der Waals surface area contributed by atoms with Crippen LogP contribution in [0.4, 0.5) is 0 Å². The van der Waals surface area contributed by atoms with Gasteiger partial charge < -0.3 is 4.74 Å². The molecule has 2 heterocycles. The van der Waals surface area contributed by atoms with E-state index in [0.717, 1.165) is 32.2 Å². The van der Waals surface area contributed by atoms with Gasteiger partial charge in [-0.25, -0.2) is 4.98 Å². The molecule has 3 rings (SSSR count). The maximum atomic E-state index is 5.23. The van der Waals surface area contributed by atoms with Crippen molar-refractivity contribution in [3.63, 3.8) is 0 Å². The van der Waals surface area contributed by atoms with E-state index < -0.39 is 0 Å². The van der Waals surface area contributed by atoms with Crippen molar-refractivity contribution in [1.29, 1.82) is 0 Å². The monoisotopic (exact) mass is 308 g/mol. The topological polar surface area (TPSA) is 35.0 Å². The highest BCUT2D eigenvalue weighted by molar-refractivity contribution is 7.19. The molecular weight excluding hydrogens is 292 g/mol. The summed E-state index contributed by atoms with van der Waals surface area (Å²) in [5, 5.41) is 0.981. The molecule has 0 N–H and O–H groups in total. The highest BCUT2D eigenvalue weighted by atomic mass is 32.1. The number of methoxy groups -OCH3 is 1. The van der Waals surface area contributed by atoms with Gasteiger partial charge >= 0.3 is 0 Å². The predicted octanol–water partition coefficient (Wildman–Crippen LogP) is 4.73. The van der Waals surface area contributed by atoms with Gasteiger partial charge in [0.15, 0.2) is 0 Å². The van der Waals surface area contributed by atoms with Crippen molar-refractivity contribution < 1.29 is 4.74 Å². The van der Waals surface area contributed by atoms with Crippen LogP contribution in [-0.4, -0.2) is 17.1 Å². The summed E-state index contributed by atoms with van der Waals surface area (Å²) in [6.07, 6.45) is 9.89. The van der Waals surface area contributed by atoms with Crippen molar-refractivity contribution >= 4 is 33.7 Å². The Morgan fingerprint density at radius 3 is 2.73 bits per heavy atom. The van der Waals surface area contributed by atoms with Gasteiger partial charge in [-0.2, -0.15) is 0 Å². The first-order chi connectivity index (χ1) is 10.7. The first-order valence-electron chi connectivity index (χ1n) is 6.96. The van der Waals surface area contributed by atoms with Gasteiger partial charge in [-0.3, -0.25) is 4.98 Å². The summed E-state index contributed by atoms with van der Waals surface area (Å²) < 4.78 is 6.36. The molecule has 0 atom stereocenters. The Bertz CT molecular complexity index is 832. The van der Waals surface area contributed by atoms with Crippen molar-refractivity contribution in [2.75, 3.05) is 7.11 Å². The molecular formula is C18H16N2OS. The fourth-order valence-electron chi connectivity index (χ4n) is 2.00. The Labute approximate surface area is 133 Å². The number of thiazole rings is 1. The molecule has 3 aromatic rings. The highest BCUT2D eigenvalue weighted by Gasteiger charge is 2.02. The number of hydrogen-bond acceptors (Lipinski definition) is 4. The molecule has 0 aliphatic rings. The molecule has 0 spiro atoms. The molecule has 110 valence electrons. The summed E-state index contributed by atoms with van der Waals surface area (Å²) in [7, 11) is 1.67. The van der Waals surface area contributed by atoms with Crippen LogP contribution in [0, 0.1) is 6.92 Å². The lowest BCUT2D eigenvalue weighted by Gasteiger charge is -1.96.